The average molecular weight is 300 g/mol. The van der Waals surface area contributed by atoms with Crippen LogP contribution in [-0.4, -0.2) is 23.3 Å². The molecule has 1 unspecified atom stereocenters. The smallest absolute Gasteiger partial charge is 0.0419 e. The van der Waals surface area contributed by atoms with Crippen LogP contribution in [0.2, 0.25) is 0 Å². The maximum absolute atomic E-state index is 4.58. The van der Waals surface area contributed by atoms with E-state index in [0.717, 1.165) is 25.1 Å². The zero-order chi connectivity index (χ0) is 14.9. The number of nitrogens with one attached hydrogen (secondary N) is 1. The van der Waals surface area contributed by atoms with Crippen molar-refractivity contribution in [2.75, 3.05) is 12.3 Å². The van der Waals surface area contributed by atoms with Gasteiger partial charge in [-0.05, 0) is 36.7 Å². The number of hydrogen-bond donors (Lipinski definition) is 1. The molecular weight excluding hydrogens is 276 g/mol. The van der Waals surface area contributed by atoms with Crippen LogP contribution in [0.1, 0.15) is 25.1 Å². The van der Waals surface area contributed by atoms with Crippen molar-refractivity contribution in [3.8, 4) is 0 Å². The Morgan fingerprint density at radius 1 is 1.10 bits per heavy atom. The van der Waals surface area contributed by atoms with Crippen LogP contribution in [-0.2, 0) is 12.8 Å². The van der Waals surface area contributed by atoms with Gasteiger partial charge in [-0.25, -0.2) is 0 Å². The Bertz CT molecular complexity index is 511. The summed E-state index contributed by atoms with van der Waals surface area (Å²) in [4.78, 5) is 5.91. The predicted molar refractivity (Wildman–Crippen MR) is 91.9 cm³/mol. The number of hydrogen-bond acceptors (Lipinski definition) is 3. The molecule has 0 aliphatic heterocycles. The lowest BCUT2D eigenvalue weighted by molar-refractivity contribution is 0.566. The van der Waals surface area contributed by atoms with Crippen molar-refractivity contribution in [3.63, 3.8) is 0 Å². The van der Waals surface area contributed by atoms with Crippen LogP contribution in [0.4, 0.5) is 0 Å². The lowest BCUT2D eigenvalue weighted by atomic mass is 10.1. The Morgan fingerprint density at radius 3 is 2.52 bits per heavy atom. The number of benzene rings is 1. The maximum Gasteiger partial charge on any atom is 0.0419 e. The van der Waals surface area contributed by atoms with E-state index in [0.29, 0.717) is 6.04 Å². The molecule has 1 aromatic heterocycles. The van der Waals surface area contributed by atoms with Gasteiger partial charge in [0, 0.05) is 35.0 Å². The first-order chi connectivity index (χ1) is 10.3. The van der Waals surface area contributed by atoms with Crippen molar-refractivity contribution in [1.29, 1.82) is 0 Å². The minimum Gasteiger partial charge on any atom is -0.313 e. The van der Waals surface area contributed by atoms with Gasteiger partial charge >= 0.3 is 0 Å². The summed E-state index contributed by atoms with van der Waals surface area (Å²) in [5, 5.41) is 3.57. The highest BCUT2D eigenvalue weighted by Crippen LogP contribution is 2.19. The van der Waals surface area contributed by atoms with Gasteiger partial charge in [0.05, 0.1) is 0 Å². The fourth-order valence-electron chi connectivity index (χ4n) is 2.23. The second kappa shape index (κ2) is 8.85. The first kappa shape index (κ1) is 16.1. The van der Waals surface area contributed by atoms with Crippen molar-refractivity contribution in [2.45, 2.75) is 37.6 Å². The SMILES string of the molecule is CCNC(CSc1ccccc1)Cc1ccc(CC)cn1. The molecule has 0 bridgehead atoms. The summed E-state index contributed by atoms with van der Waals surface area (Å²) >= 11 is 1.91. The molecule has 0 fully saturated rings. The highest BCUT2D eigenvalue weighted by molar-refractivity contribution is 7.99. The summed E-state index contributed by atoms with van der Waals surface area (Å²) in [5.74, 6) is 1.06. The number of likely N-dealkylation sites (N-methyl/N-ethyl adjacent to an activating group) is 1. The van der Waals surface area contributed by atoms with Gasteiger partial charge in [-0.1, -0.05) is 38.1 Å². The van der Waals surface area contributed by atoms with Gasteiger partial charge in [-0.3, -0.25) is 4.98 Å². The summed E-state index contributed by atoms with van der Waals surface area (Å²) in [6.07, 6.45) is 4.04. The molecule has 0 aliphatic rings. The zero-order valence-electron chi connectivity index (χ0n) is 12.9. The summed E-state index contributed by atoms with van der Waals surface area (Å²) in [6, 6.07) is 15.4. The van der Waals surface area contributed by atoms with Gasteiger partial charge in [0.2, 0.25) is 0 Å². The third kappa shape index (κ3) is 5.52. The Hall–Kier alpha value is -1.32. The van der Waals surface area contributed by atoms with Crippen LogP contribution in [0, 0.1) is 0 Å². The van der Waals surface area contributed by atoms with E-state index in [1.807, 2.05) is 18.0 Å². The van der Waals surface area contributed by atoms with Gasteiger partial charge in [0.1, 0.15) is 0 Å². The standard InChI is InChI=1S/C18H24N2S/c1-3-15-10-11-16(20-13-15)12-17(19-4-2)14-21-18-8-6-5-7-9-18/h5-11,13,17,19H,3-4,12,14H2,1-2H3. The number of rotatable bonds is 8. The first-order valence-electron chi connectivity index (χ1n) is 7.66. The Kier molecular flexibility index (Phi) is 6.77. The van der Waals surface area contributed by atoms with Gasteiger partial charge in [-0.15, -0.1) is 11.8 Å². The topological polar surface area (TPSA) is 24.9 Å². The lowest BCUT2D eigenvalue weighted by Gasteiger charge is -2.17. The first-order valence-corrected chi connectivity index (χ1v) is 8.65. The lowest BCUT2D eigenvalue weighted by Crippen LogP contribution is -2.33. The van der Waals surface area contributed by atoms with E-state index < -0.39 is 0 Å². The molecule has 0 saturated heterocycles. The maximum atomic E-state index is 4.58. The minimum atomic E-state index is 0.459. The Balaban J connectivity index is 1.91. The molecule has 0 aliphatic carbocycles. The zero-order valence-corrected chi connectivity index (χ0v) is 13.7. The molecule has 1 heterocycles. The normalized spacial score (nSPS) is 12.3. The molecular formula is C18H24N2S. The molecule has 0 saturated carbocycles. The molecule has 0 spiro atoms. The molecule has 0 amide bonds. The second-order valence-corrected chi connectivity index (χ2v) is 6.19. The molecule has 2 nitrogen and oxygen atoms in total. The van der Waals surface area contributed by atoms with Crippen LogP contribution in [0.25, 0.3) is 0 Å². The number of aromatic nitrogens is 1. The number of aryl methyl sites for hydroxylation is 1. The second-order valence-electron chi connectivity index (χ2n) is 5.09. The summed E-state index contributed by atoms with van der Waals surface area (Å²) in [7, 11) is 0. The Labute approximate surface area is 132 Å². The van der Waals surface area contributed by atoms with Crippen LogP contribution >= 0.6 is 11.8 Å². The fourth-order valence-corrected chi connectivity index (χ4v) is 3.21. The number of thioether (sulfide) groups is 1. The van der Waals surface area contributed by atoms with Crippen molar-refractivity contribution in [1.82, 2.24) is 10.3 Å². The highest BCUT2D eigenvalue weighted by atomic mass is 32.2. The van der Waals surface area contributed by atoms with E-state index in [9.17, 15) is 0 Å². The van der Waals surface area contributed by atoms with E-state index in [4.69, 9.17) is 0 Å². The van der Waals surface area contributed by atoms with E-state index in [1.54, 1.807) is 0 Å². The molecule has 3 heteroatoms. The van der Waals surface area contributed by atoms with Gasteiger partial charge in [0.15, 0.2) is 0 Å². The highest BCUT2D eigenvalue weighted by Gasteiger charge is 2.10. The molecule has 0 radical (unpaired) electrons. The van der Waals surface area contributed by atoms with E-state index in [1.165, 1.54) is 16.2 Å². The molecule has 2 aromatic rings. The number of pyridine rings is 1. The van der Waals surface area contributed by atoms with Crippen molar-refractivity contribution in [3.05, 3.63) is 59.9 Å². The molecule has 1 aromatic carbocycles. The summed E-state index contributed by atoms with van der Waals surface area (Å²) in [6.45, 7) is 5.31. The minimum absolute atomic E-state index is 0.459. The molecule has 112 valence electrons. The molecule has 2 rings (SSSR count). The number of nitrogens with zero attached hydrogens (tertiary/aromatic N) is 1. The summed E-state index contributed by atoms with van der Waals surface area (Å²) < 4.78 is 0. The molecule has 1 atom stereocenters. The van der Waals surface area contributed by atoms with Crippen LogP contribution < -0.4 is 5.32 Å². The Morgan fingerprint density at radius 2 is 1.90 bits per heavy atom. The van der Waals surface area contributed by atoms with E-state index in [-0.39, 0.29) is 0 Å². The van der Waals surface area contributed by atoms with Gasteiger partial charge in [0.25, 0.3) is 0 Å². The average Bonchev–Trinajstić information content (AvgIpc) is 2.54. The van der Waals surface area contributed by atoms with Crippen LogP contribution in [0.15, 0.2) is 53.6 Å². The van der Waals surface area contributed by atoms with Crippen molar-refractivity contribution in [2.24, 2.45) is 0 Å². The van der Waals surface area contributed by atoms with Gasteiger partial charge < -0.3 is 5.32 Å². The largest absolute Gasteiger partial charge is 0.313 e. The third-order valence-electron chi connectivity index (χ3n) is 3.44. The predicted octanol–water partition coefficient (Wildman–Crippen LogP) is 3.96. The monoisotopic (exact) mass is 300 g/mol. The quantitative estimate of drug-likeness (QED) is 0.747. The molecule has 21 heavy (non-hydrogen) atoms. The molecule has 1 N–H and O–H groups in total. The van der Waals surface area contributed by atoms with E-state index in [2.05, 4.69) is 66.6 Å². The third-order valence-corrected chi connectivity index (χ3v) is 4.61. The fraction of sp³-hybridized carbons (Fsp3) is 0.389. The van der Waals surface area contributed by atoms with E-state index >= 15 is 0 Å². The van der Waals surface area contributed by atoms with Crippen LogP contribution in [0.3, 0.4) is 0 Å². The van der Waals surface area contributed by atoms with Crippen molar-refractivity contribution >= 4 is 11.8 Å². The van der Waals surface area contributed by atoms with Gasteiger partial charge in [-0.2, -0.15) is 0 Å². The van der Waals surface area contributed by atoms with Crippen LogP contribution in [0.5, 0.6) is 0 Å². The van der Waals surface area contributed by atoms with Crippen molar-refractivity contribution < 1.29 is 0 Å². The summed E-state index contributed by atoms with van der Waals surface area (Å²) in [5.41, 5.74) is 2.48.